The van der Waals surface area contributed by atoms with Gasteiger partial charge < -0.3 is 9.64 Å². The molecule has 92 valence electrons. The van der Waals surface area contributed by atoms with Crippen LogP contribution in [0.25, 0.3) is 0 Å². The van der Waals surface area contributed by atoms with E-state index in [4.69, 9.17) is 4.74 Å². The highest BCUT2D eigenvalue weighted by molar-refractivity contribution is 5.81. The van der Waals surface area contributed by atoms with Crippen molar-refractivity contribution in [2.24, 2.45) is 0 Å². The lowest BCUT2D eigenvalue weighted by atomic mass is 10.1. The second kappa shape index (κ2) is 5.12. The van der Waals surface area contributed by atoms with Crippen LogP contribution in [0.1, 0.15) is 26.7 Å². The lowest BCUT2D eigenvalue weighted by Gasteiger charge is -2.28. The van der Waals surface area contributed by atoms with Crippen LogP contribution in [0.2, 0.25) is 0 Å². The summed E-state index contributed by atoms with van der Waals surface area (Å²) < 4.78 is 5.65. The maximum Gasteiger partial charge on any atom is 0.240 e. The Bertz CT molecular complexity index is 396. The molecule has 1 fully saturated rings. The molecule has 5 nitrogen and oxygen atoms in total. The fourth-order valence-corrected chi connectivity index (χ4v) is 1.84. The lowest BCUT2D eigenvalue weighted by Crippen LogP contribution is -2.34. The van der Waals surface area contributed by atoms with Crippen LogP contribution in [0.5, 0.6) is 5.88 Å². The summed E-state index contributed by atoms with van der Waals surface area (Å²) in [5.41, 5.74) is 0.883. The molecule has 1 aromatic rings. The van der Waals surface area contributed by atoms with Crippen LogP contribution in [0.3, 0.4) is 0 Å². The smallest absolute Gasteiger partial charge is 0.240 e. The molecule has 2 heterocycles. The predicted molar refractivity (Wildman–Crippen MR) is 64.3 cm³/mol. The second-order valence-electron chi connectivity index (χ2n) is 4.41. The van der Waals surface area contributed by atoms with Crippen LogP contribution >= 0.6 is 0 Å². The number of rotatable bonds is 3. The summed E-state index contributed by atoms with van der Waals surface area (Å²) in [5.74, 6) is 0.925. The average Bonchev–Trinajstić information content (AvgIpc) is 2.30. The van der Waals surface area contributed by atoms with Crippen molar-refractivity contribution in [3.8, 4) is 5.88 Å². The molecule has 17 heavy (non-hydrogen) atoms. The Morgan fingerprint density at radius 2 is 2.06 bits per heavy atom. The number of carbonyl (C=O) groups excluding carboxylic acids is 1. The number of piperidine rings is 1. The molecule has 1 saturated heterocycles. The Balaban J connectivity index is 2.16. The Morgan fingerprint density at radius 3 is 2.71 bits per heavy atom. The zero-order valence-electron chi connectivity index (χ0n) is 10.2. The third-order valence-electron chi connectivity index (χ3n) is 2.67. The molecule has 0 aliphatic carbocycles. The molecular weight excluding hydrogens is 218 g/mol. The van der Waals surface area contributed by atoms with E-state index in [2.05, 4.69) is 14.9 Å². The highest BCUT2D eigenvalue weighted by Crippen LogP contribution is 2.27. The normalized spacial score (nSPS) is 16.4. The SMILES string of the molecule is CC(C)Oc1ncncc1N1CCC(=O)CC1. The fraction of sp³-hybridized carbons (Fsp3) is 0.583. The Kier molecular flexibility index (Phi) is 3.56. The third kappa shape index (κ3) is 2.93. The largest absolute Gasteiger partial charge is 0.473 e. The molecule has 2 rings (SSSR count). The van der Waals surface area contributed by atoms with Crippen molar-refractivity contribution in [2.45, 2.75) is 32.8 Å². The first-order chi connectivity index (χ1) is 8.16. The number of Topliss-reactive ketones (excluding diaryl/α,β-unsaturated/α-hetero) is 1. The van der Waals surface area contributed by atoms with Crippen molar-refractivity contribution in [3.05, 3.63) is 12.5 Å². The van der Waals surface area contributed by atoms with Gasteiger partial charge in [-0.15, -0.1) is 0 Å². The number of ether oxygens (including phenoxy) is 1. The van der Waals surface area contributed by atoms with Gasteiger partial charge in [0.2, 0.25) is 5.88 Å². The molecule has 0 saturated carbocycles. The van der Waals surface area contributed by atoms with E-state index in [-0.39, 0.29) is 6.10 Å². The van der Waals surface area contributed by atoms with Gasteiger partial charge in [-0.3, -0.25) is 4.79 Å². The molecule has 0 radical (unpaired) electrons. The summed E-state index contributed by atoms with van der Waals surface area (Å²) in [6.07, 6.45) is 4.50. The van der Waals surface area contributed by atoms with Crippen LogP contribution in [0, 0.1) is 0 Å². The fourth-order valence-electron chi connectivity index (χ4n) is 1.84. The van der Waals surface area contributed by atoms with Gasteiger partial charge in [0.25, 0.3) is 0 Å². The van der Waals surface area contributed by atoms with Crippen molar-refractivity contribution < 1.29 is 9.53 Å². The van der Waals surface area contributed by atoms with Crippen molar-refractivity contribution in [1.82, 2.24) is 9.97 Å². The van der Waals surface area contributed by atoms with Crippen LogP contribution in [0.15, 0.2) is 12.5 Å². The molecule has 1 aromatic heterocycles. The predicted octanol–water partition coefficient (Wildman–Crippen LogP) is 1.43. The van der Waals surface area contributed by atoms with Crippen LogP contribution in [-0.4, -0.2) is 34.9 Å². The maximum atomic E-state index is 11.2. The van der Waals surface area contributed by atoms with E-state index in [0.29, 0.717) is 24.5 Å². The van der Waals surface area contributed by atoms with Crippen molar-refractivity contribution >= 4 is 11.5 Å². The van der Waals surface area contributed by atoms with Gasteiger partial charge in [0.1, 0.15) is 17.8 Å². The van der Waals surface area contributed by atoms with Crippen molar-refractivity contribution in [2.75, 3.05) is 18.0 Å². The Hall–Kier alpha value is -1.65. The summed E-state index contributed by atoms with van der Waals surface area (Å²) in [6.45, 7) is 5.37. The molecule has 1 aliphatic rings. The molecule has 0 aromatic carbocycles. The summed E-state index contributed by atoms with van der Waals surface area (Å²) in [6, 6.07) is 0. The number of anilines is 1. The minimum Gasteiger partial charge on any atom is -0.473 e. The molecule has 0 unspecified atom stereocenters. The van der Waals surface area contributed by atoms with E-state index in [0.717, 1.165) is 18.8 Å². The van der Waals surface area contributed by atoms with Crippen LogP contribution in [0.4, 0.5) is 5.69 Å². The molecule has 0 N–H and O–H groups in total. The number of aromatic nitrogens is 2. The Labute approximate surface area is 101 Å². The highest BCUT2D eigenvalue weighted by atomic mass is 16.5. The van der Waals surface area contributed by atoms with Crippen molar-refractivity contribution in [1.29, 1.82) is 0 Å². The van der Waals surface area contributed by atoms with E-state index >= 15 is 0 Å². The van der Waals surface area contributed by atoms with E-state index in [1.807, 2.05) is 13.8 Å². The summed E-state index contributed by atoms with van der Waals surface area (Å²) >= 11 is 0. The summed E-state index contributed by atoms with van der Waals surface area (Å²) in [7, 11) is 0. The standard InChI is InChI=1S/C12H17N3O2/c1-9(2)17-12-11(7-13-8-14-12)15-5-3-10(16)4-6-15/h7-9H,3-6H2,1-2H3. The summed E-state index contributed by atoms with van der Waals surface area (Å²) in [5, 5.41) is 0. The number of hydrogen-bond donors (Lipinski definition) is 0. The van der Waals surface area contributed by atoms with Gasteiger partial charge in [-0.1, -0.05) is 0 Å². The lowest BCUT2D eigenvalue weighted by molar-refractivity contribution is -0.119. The molecule has 0 amide bonds. The molecular formula is C12H17N3O2. The van der Waals surface area contributed by atoms with Gasteiger partial charge in [-0.05, 0) is 13.8 Å². The quantitative estimate of drug-likeness (QED) is 0.793. The van der Waals surface area contributed by atoms with Gasteiger partial charge in [0.05, 0.1) is 12.3 Å². The maximum absolute atomic E-state index is 11.2. The molecule has 0 bridgehead atoms. The van der Waals surface area contributed by atoms with Crippen LogP contribution < -0.4 is 9.64 Å². The first-order valence-electron chi connectivity index (χ1n) is 5.90. The summed E-state index contributed by atoms with van der Waals surface area (Å²) in [4.78, 5) is 21.5. The van der Waals surface area contributed by atoms with Crippen LogP contribution in [-0.2, 0) is 4.79 Å². The van der Waals surface area contributed by atoms with E-state index in [1.165, 1.54) is 6.33 Å². The van der Waals surface area contributed by atoms with Gasteiger partial charge >= 0.3 is 0 Å². The van der Waals surface area contributed by atoms with Gasteiger partial charge in [0, 0.05) is 25.9 Å². The second-order valence-corrected chi connectivity index (χ2v) is 4.41. The highest BCUT2D eigenvalue weighted by Gasteiger charge is 2.20. The van der Waals surface area contributed by atoms with Gasteiger partial charge in [0.15, 0.2) is 0 Å². The van der Waals surface area contributed by atoms with Gasteiger partial charge in [-0.25, -0.2) is 4.98 Å². The number of nitrogens with zero attached hydrogens (tertiary/aromatic N) is 3. The average molecular weight is 235 g/mol. The van der Waals surface area contributed by atoms with E-state index in [1.54, 1.807) is 6.20 Å². The Morgan fingerprint density at radius 1 is 1.35 bits per heavy atom. The monoisotopic (exact) mass is 235 g/mol. The molecule has 5 heteroatoms. The molecule has 0 atom stereocenters. The number of ketones is 1. The minimum atomic E-state index is 0.0788. The van der Waals surface area contributed by atoms with E-state index in [9.17, 15) is 4.79 Å². The third-order valence-corrected chi connectivity index (χ3v) is 2.67. The van der Waals surface area contributed by atoms with E-state index < -0.39 is 0 Å². The molecule has 0 spiro atoms. The van der Waals surface area contributed by atoms with Gasteiger partial charge in [-0.2, -0.15) is 4.98 Å². The zero-order chi connectivity index (χ0) is 12.3. The first kappa shape index (κ1) is 11.8. The van der Waals surface area contributed by atoms with Crippen molar-refractivity contribution in [3.63, 3.8) is 0 Å². The topological polar surface area (TPSA) is 55.3 Å². The number of hydrogen-bond acceptors (Lipinski definition) is 5. The number of carbonyl (C=O) groups is 1. The first-order valence-corrected chi connectivity index (χ1v) is 5.90. The molecule has 1 aliphatic heterocycles. The minimum absolute atomic E-state index is 0.0788. The zero-order valence-corrected chi connectivity index (χ0v) is 10.2.